The first-order valence-corrected chi connectivity index (χ1v) is 21.4. The van der Waals surface area contributed by atoms with Gasteiger partial charge in [0.2, 0.25) is 0 Å². The number of hydrogen-bond acceptors (Lipinski definition) is 4. The summed E-state index contributed by atoms with van der Waals surface area (Å²) in [5.41, 5.74) is 13.6. The van der Waals surface area contributed by atoms with Crippen molar-refractivity contribution < 1.29 is 4.74 Å². The van der Waals surface area contributed by atoms with E-state index in [4.69, 9.17) is 19.7 Å². The Bertz CT molecular complexity index is 3320. The Kier molecular flexibility index (Phi) is 8.70. The maximum absolute atomic E-state index is 6.43. The van der Waals surface area contributed by atoms with E-state index in [9.17, 15) is 0 Å². The number of ether oxygens (including phenoxy) is 1. The van der Waals surface area contributed by atoms with Crippen LogP contribution in [0.5, 0.6) is 0 Å². The van der Waals surface area contributed by atoms with E-state index in [1.165, 1.54) is 44.1 Å². The molecule has 3 aliphatic rings. The van der Waals surface area contributed by atoms with Crippen LogP contribution in [0.15, 0.2) is 224 Å². The number of benzene rings is 7. The predicted octanol–water partition coefficient (Wildman–Crippen LogP) is 13.7. The number of rotatable bonds is 7. The lowest BCUT2D eigenvalue weighted by Crippen LogP contribution is -2.20. The highest BCUT2D eigenvalue weighted by atomic mass is 16.5. The van der Waals surface area contributed by atoms with Gasteiger partial charge in [0.05, 0.1) is 11.0 Å². The maximum Gasteiger partial charge on any atom is 0.163 e. The van der Waals surface area contributed by atoms with Gasteiger partial charge < -0.3 is 9.30 Å². The van der Waals surface area contributed by atoms with Crippen molar-refractivity contribution in [3.8, 4) is 61.8 Å². The molecule has 5 nitrogen and oxygen atoms in total. The highest BCUT2D eigenvalue weighted by Gasteiger charge is 2.40. The van der Waals surface area contributed by atoms with Crippen LogP contribution in [0.4, 0.5) is 0 Å². The molecule has 3 heterocycles. The zero-order valence-electron chi connectivity index (χ0n) is 33.8. The molecule has 62 heavy (non-hydrogen) atoms. The molecule has 0 N–H and O–H groups in total. The van der Waals surface area contributed by atoms with Crippen molar-refractivity contribution in [1.82, 2.24) is 19.5 Å². The first-order chi connectivity index (χ1) is 30.7. The Morgan fingerprint density at radius 2 is 1.13 bits per heavy atom. The predicted molar refractivity (Wildman–Crippen MR) is 252 cm³/mol. The number of nitrogens with zero attached hydrogens (tertiary/aromatic N) is 4. The summed E-state index contributed by atoms with van der Waals surface area (Å²) in [7, 11) is 0. The standard InChI is InChI=1S/C57H40N4O/c1-3-16-37(17-4-1)44-24-7-8-25-45(44)41-32-33-47-46-26-9-11-29-50(46)61(51(47)36-41)43-23-14-21-40(35-43)39-20-13-22-42(34-39)56-58-55(38-18-5-2-6-19-38)59-57(60-56)49-28-15-31-53-54(49)48-27-10-12-30-52(48)62-53/h1-27,29-36,48-49,52H,28H2. The monoisotopic (exact) mass is 796 g/mol. The molecule has 294 valence electrons. The van der Waals surface area contributed by atoms with Crippen LogP contribution < -0.4 is 0 Å². The molecule has 0 saturated heterocycles. The van der Waals surface area contributed by atoms with Crippen LogP contribution in [-0.2, 0) is 4.74 Å². The first-order valence-electron chi connectivity index (χ1n) is 21.4. The summed E-state index contributed by atoms with van der Waals surface area (Å²) >= 11 is 0. The first kappa shape index (κ1) is 36.0. The number of hydrogen-bond donors (Lipinski definition) is 0. The van der Waals surface area contributed by atoms with Crippen molar-refractivity contribution in [1.29, 1.82) is 0 Å². The van der Waals surface area contributed by atoms with Gasteiger partial charge >= 0.3 is 0 Å². The summed E-state index contributed by atoms with van der Waals surface area (Å²) in [6.45, 7) is 0. The third-order valence-corrected chi connectivity index (χ3v) is 12.6. The Morgan fingerprint density at radius 1 is 0.484 bits per heavy atom. The van der Waals surface area contributed by atoms with E-state index in [1.807, 2.05) is 18.2 Å². The molecule has 12 rings (SSSR count). The lowest BCUT2D eigenvalue weighted by Gasteiger charge is -2.24. The summed E-state index contributed by atoms with van der Waals surface area (Å²) in [6.07, 6.45) is 13.7. The van der Waals surface area contributed by atoms with Crippen LogP contribution in [0.25, 0.3) is 83.6 Å². The van der Waals surface area contributed by atoms with Crippen molar-refractivity contribution in [2.24, 2.45) is 5.92 Å². The zero-order chi connectivity index (χ0) is 41.0. The van der Waals surface area contributed by atoms with Crippen molar-refractivity contribution >= 4 is 21.8 Å². The minimum atomic E-state index is -0.0243. The fourth-order valence-electron chi connectivity index (χ4n) is 9.66. The molecule has 1 aliphatic heterocycles. The number of aromatic nitrogens is 4. The van der Waals surface area contributed by atoms with Gasteiger partial charge in [0.15, 0.2) is 11.6 Å². The Hall–Kier alpha value is -7.89. The molecule has 2 aromatic heterocycles. The molecule has 2 aliphatic carbocycles. The van der Waals surface area contributed by atoms with Gasteiger partial charge in [-0.3, -0.25) is 0 Å². The Labute approximate surface area is 360 Å². The largest absolute Gasteiger partial charge is 0.485 e. The van der Waals surface area contributed by atoms with Gasteiger partial charge in [0.25, 0.3) is 0 Å². The summed E-state index contributed by atoms with van der Waals surface area (Å²) in [5.74, 6) is 3.16. The van der Waals surface area contributed by atoms with Crippen LogP contribution in [0.3, 0.4) is 0 Å². The van der Waals surface area contributed by atoms with Gasteiger partial charge in [-0.15, -0.1) is 0 Å². The molecule has 3 unspecified atom stereocenters. The molecule has 9 aromatic rings. The third kappa shape index (κ3) is 6.21. The molecule has 0 fully saturated rings. The van der Waals surface area contributed by atoms with Gasteiger partial charge in [-0.2, -0.15) is 0 Å². The van der Waals surface area contributed by atoms with Crippen molar-refractivity contribution in [3.05, 3.63) is 230 Å². The third-order valence-electron chi connectivity index (χ3n) is 12.6. The minimum Gasteiger partial charge on any atom is -0.485 e. The molecular weight excluding hydrogens is 757 g/mol. The van der Waals surface area contributed by atoms with E-state index < -0.39 is 0 Å². The number of para-hydroxylation sites is 1. The van der Waals surface area contributed by atoms with Crippen LogP contribution in [-0.4, -0.2) is 25.6 Å². The molecule has 7 aromatic carbocycles. The van der Waals surface area contributed by atoms with Crippen LogP contribution in [0, 0.1) is 5.92 Å². The lowest BCUT2D eigenvalue weighted by atomic mass is 9.79. The molecule has 0 bridgehead atoms. The molecular formula is C57H40N4O. The fraction of sp³-hybridized carbons (Fsp3) is 0.0702. The second-order valence-corrected chi connectivity index (χ2v) is 16.2. The second-order valence-electron chi connectivity index (χ2n) is 16.2. The van der Waals surface area contributed by atoms with Gasteiger partial charge in [-0.25, -0.2) is 15.0 Å². The SMILES string of the molecule is C1=CC2OC3=C(C(c4nc(-c5ccccc5)nc(-c5cccc(-c6cccc(-n7c8ccccc8c8ccc(-c9ccccc9-c9ccccc9)cc87)c6)c5)n4)CC=C3)C2C=C1. The quantitative estimate of drug-likeness (QED) is 0.161. The average Bonchev–Trinajstić information content (AvgIpc) is 3.90. The topological polar surface area (TPSA) is 52.8 Å². The van der Waals surface area contributed by atoms with Gasteiger partial charge in [0, 0.05) is 39.4 Å². The smallest absolute Gasteiger partial charge is 0.163 e. The molecule has 0 radical (unpaired) electrons. The Balaban J connectivity index is 0.958. The summed E-state index contributed by atoms with van der Waals surface area (Å²) in [6, 6.07) is 62.7. The number of fused-ring (bicyclic) bond motifs is 5. The van der Waals surface area contributed by atoms with Crippen LogP contribution in [0.2, 0.25) is 0 Å². The van der Waals surface area contributed by atoms with E-state index in [0.717, 1.165) is 51.5 Å². The molecule has 0 amide bonds. The summed E-state index contributed by atoms with van der Waals surface area (Å²) in [5, 5.41) is 2.45. The highest BCUT2D eigenvalue weighted by Crippen LogP contribution is 2.47. The van der Waals surface area contributed by atoms with E-state index >= 15 is 0 Å². The summed E-state index contributed by atoms with van der Waals surface area (Å²) < 4.78 is 8.84. The van der Waals surface area contributed by atoms with E-state index in [1.54, 1.807) is 0 Å². The normalized spacial score (nSPS) is 17.6. The highest BCUT2D eigenvalue weighted by molar-refractivity contribution is 6.10. The Morgan fingerprint density at radius 3 is 1.97 bits per heavy atom. The van der Waals surface area contributed by atoms with Crippen LogP contribution in [0.1, 0.15) is 18.2 Å². The van der Waals surface area contributed by atoms with Gasteiger partial charge in [-0.1, -0.05) is 170 Å². The number of allylic oxidation sites excluding steroid dienone is 4. The van der Waals surface area contributed by atoms with Gasteiger partial charge in [0.1, 0.15) is 17.7 Å². The van der Waals surface area contributed by atoms with Crippen molar-refractivity contribution in [2.75, 3.05) is 0 Å². The van der Waals surface area contributed by atoms with Crippen molar-refractivity contribution in [3.63, 3.8) is 0 Å². The average molecular weight is 797 g/mol. The fourth-order valence-corrected chi connectivity index (χ4v) is 9.66. The minimum absolute atomic E-state index is 0.00137. The van der Waals surface area contributed by atoms with E-state index in [-0.39, 0.29) is 17.9 Å². The molecule has 3 atom stereocenters. The zero-order valence-corrected chi connectivity index (χ0v) is 33.8. The summed E-state index contributed by atoms with van der Waals surface area (Å²) in [4.78, 5) is 15.6. The molecule has 5 heteroatoms. The van der Waals surface area contributed by atoms with Crippen LogP contribution >= 0.6 is 0 Å². The van der Waals surface area contributed by atoms with E-state index in [0.29, 0.717) is 11.6 Å². The molecule has 0 saturated carbocycles. The van der Waals surface area contributed by atoms with Crippen molar-refractivity contribution in [2.45, 2.75) is 18.4 Å². The second kappa shape index (κ2) is 15.0. The maximum atomic E-state index is 6.43. The lowest BCUT2D eigenvalue weighted by molar-refractivity contribution is 0.173. The van der Waals surface area contributed by atoms with Gasteiger partial charge in [-0.05, 0) is 87.9 Å². The molecule has 0 spiro atoms. The van der Waals surface area contributed by atoms with E-state index in [2.05, 4.69) is 199 Å².